The van der Waals surface area contributed by atoms with Crippen LogP contribution in [0.1, 0.15) is 5.56 Å². The number of rotatable bonds is 2. The Morgan fingerprint density at radius 1 is 1.53 bits per heavy atom. The fraction of sp³-hybridized carbons (Fsp3) is 0.500. The van der Waals surface area contributed by atoms with Crippen LogP contribution < -0.4 is 9.64 Å². The van der Waals surface area contributed by atoms with Crippen molar-refractivity contribution in [1.29, 1.82) is 0 Å². The van der Waals surface area contributed by atoms with Crippen LogP contribution in [0.25, 0.3) is 0 Å². The summed E-state index contributed by atoms with van der Waals surface area (Å²) in [6.45, 7) is 3.59. The highest BCUT2D eigenvalue weighted by molar-refractivity contribution is 5.60. The lowest BCUT2D eigenvalue weighted by Gasteiger charge is -2.33. The van der Waals surface area contributed by atoms with Crippen molar-refractivity contribution < 1.29 is 9.47 Å². The summed E-state index contributed by atoms with van der Waals surface area (Å²) in [5, 5.41) is 0. The molecule has 0 saturated heterocycles. The van der Waals surface area contributed by atoms with Gasteiger partial charge in [-0.25, -0.2) is 0 Å². The first-order valence-corrected chi connectivity index (χ1v) is 5.18. The zero-order chi connectivity index (χ0) is 10.8. The van der Waals surface area contributed by atoms with E-state index in [1.807, 2.05) is 0 Å². The van der Waals surface area contributed by atoms with E-state index in [1.165, 1.54) is 5.56 Å². The van der Waals surface area contributed by atoms with Gasteiger partial charge in [-0.15, -0.1) is 0 Å². The molecule has 15 heavy (non-hydrogen) atoms. The summed E-state index contributed by atoms with van der Waals surface area (Å²) in [5.41, 5.74) is 2.38. The van der Waals surface area contributed by atoms with Crippen LogP contribution in [0.4, 0.5) is 5.69 Å². The molecule has 0 fully saturated rings. The fourth-order valence-electron chi connectivity index (χ4n) is 1.92. The zero-order valence-electron chi connectivity index (χ0n) is 9.49. The first-order valence-electron chi connectivity index (χ1n) is 5.18. The van der Waals surface area contributed by atoms with E-state index < -0.39 is 0 Å². The predicted octanol–water partition coefficient (Wildman–Crippen LogP) is 1.84. The summed E-state index contributed by atoms with van der Waals surface area (Å²) in [6.07, 6.45) is 0.134. The Morgan fingerprint density at radius 2 is 2.33 bits per heavy atom. The first-order chi connectivity index (χ1) is 7.20. The van der Waals surface area contributed by atoms with Gasteiger partial charge in [0.1, 0.15) is 11.9 Å². The van der Waals surface area contributed by atoms with Crippen molar-refractivity contribution in [2.45, 2.75) is 13.0 Å². The monoisotopic (exact) mass is 207 g/mol. The SMILES string of the molecule is COC[C@H]1CN(C)c2ccc(C)cc2O1. The lowest BCUT2D eigenvalue weighted by molar-refractivity contribution is 0.0801. The van der Waals surface area contributed by atoms with Crippen LogP contribution in [0.2, 0.25) is 0 Å². The van der Waals surface area contributed by atoms with E-state index in [2.05, 4.69) is 37.1 Å². The maximum absolute atomic E-state index is 5.86. The summed E-state index contributed by atoms with van der Waals surface area (Å²) < 4.78 is 11.0. The van der Waals surface area contributed by atoms with Crippen LogP contribution >= 0.6 is 0 Å². The molecule has 0 radical (unpaired) electrons. The number of hydrogen-bond acceptors (Lipinski definition) is 3. The smallest absolute Gasteiger partial charge is 0.143 e. The van der Waals surface area contributed by atoms with E-state index in [-0.39, 0.29) is 6.10 Å². The van der Waals surface area contributed by atoms with Gasteiger partial charge in [0.15, 0.2) is 0 Å². The maximum Gasteiger partial charge on any atom is 0.143 e. The summed E-state index contributed by atoms with van der Waals surface area (Å²) >= 11 is 0. The van der Waals surface area contributed by atoms with Crippen molar-refractivity contribution in [2.24, 2.45) is 0 Å². The van der Waals surface area contributed by atoms with E-state index in [1.54, 1.807) is 7.11 Å². The molecule has 0 unspecified atom stereocenters. The molecule has 0 aliphatic carbocycles. The van der Waals surface area contributed by atoms with Gasteiger partial charge in [-0.2, -0.15) is 0 Å². The lowest BCUT2D eigenvalue weighted by Crippen LogP contribution is -2.40. The minimum atomic E-state index is 0.134. The van der Waals surface area contributed by atoms with Crippen molar-refractivity contribution in [1.82, 2.24) is 0 Å². The van der Waals surface area contributed by atoms with Gasteiger partial charge in [0.2, 0.25) is 0 Å². The van der Waals surface area contributed by atoms with E-state index in [9.17, 15) is 0 Å². The molecule has 3 nitrogen and oxygen atoms in total. The Morgan fingerprint density at radius 3 is 3.07 bits per heavy atom. The van der Waals surface area contributed by atoms with E-state index >= 15 is 0 Å². The van der Waals surface area contributed by atoms with Gasteiger partial charge in [-0.3, -0.25) is 0 Å². The molecule has 1 atom stereocenters. The second-order valence-electron chi connectivity index (χ2n) is 4.05. The van der Waals surface area contributed by atoms with Crippen LogP contribution in [-0.2, 0) is 4.74 Å². The van der Waals surface area contributed by atoms with Crippen molar-refractivity contribution in [2.75, 3.05) is 32.2 Å². The second-order valence-corrected chi connectivity index (χ2v) is 4.05. The molecule has 0 aromatic heterocycles. The topological polar surface area (TPSA) is 21.7 Å². The van der Waals surface area contributed by atoms with Gasteiger partial charge in [0.05, 0.1) is 18.8 Å². The van der Waals surface area contributed by atoms with Crippen LogP contribution in [-0.4, -0.2) is 33.4 Å². The van der Waals surface area contributed by atoms with Crippen molar-refractivity contribution in [3.05, 3.63) is 23.8 Å². The van der Waals surface area contributed by atoms with Crippen LogP contribution in [0, 0.1) is 6.92 Å². The zero-order valence-corrected chi connectivity index (χ0v) is 9.49. The third kappa shape index (κ3) is 2.07. The molecule has 0 N–H and O–H groups in total. The molecule has 2 rings (SSSR count). The number of ether oxygens (including phenoxy) is 2. The van der Waals surface area contributed by atoms with E-state index in [0.29, 0.717) is 6.61 Å². The standard InChI is InChI=1S/C12H17NO2/c1-9-4-5-11-12(6-9)15-10(8-14-3)7-13(11)2/h4-6,10H,7-8H2,1-3H3/t10-/m1/s1. The predicted molar refractivity (Wildman–Crippen MR) is 60.7 cm³/mol. The summed E-state index contributed by atoms with van der Waals surface area (Å²) in [6, 6.07) is 6.29. The third-order valence-corrected chi connectivity index (χ3v) is 2.65. The number of benzene rings is 1. The highest BCUT2D eigenvalue weighted by atomic mass is 16.5. The average molecular weight is 207 g/mol. The number of likely N-dealkylation sites (N-methyl/N-ethyl adjacent to an activating group) is 1. The second kappa shape index (κ2) is 4.11. The molecule has 0 bridgehead atoms. The molecular formula is C12H17NO2. The molecule has 1 aliphatic heterocycles. The van der Waals surface area contributed by atoms with Crippen molar-refractivity contribution in [3.63, 3.8) is 0 Å². The van der Waals surface area contributed by atoms with Gasteiger partial charge < -0.3 is 14.4 Å². The first kappa shape index (κ1) is 10.3. The molecule has 0 saturated carbocycles. The quantitative estimate of drug-likeness (QED) is 0.738. The summed E-state index contributed by atoms with van der Waals surface area (Å²) in [7, 11) is 3.79. The summed E-state index contributed by atoms with van der Waals surface area (Å²) in [5.74, 6) is 0.964. The molecule has 1 aromatic carbocycles. The Kier molecular flexibility index (Phi) is 2.82. The fourth-order valence-corrected chi connectivity index (χ4v) is 1.92. The van der Waals surface area contributed by atoms with E-state index in [0.717, 1.165) is 18.0 Å². The van der Waals surface area contributed by atoms with Crippen LogP contribution in [0.3, 0.4) is 0 Å². The molecule has 0 amide bonds. The van der Waals surface area contributed by atoms with Gasteiger partial charge in [0, 0.05) is 14.2 Å². The molecule has 3 heteroatoms. The van der Waals surface area contributed by atoms with Crippen LogP contribution in [0.5, 0.6) is 5.75 Å². The third-order valence-electron chi connectivity index (χ3n) is 2.65. The number of aryl methyl sites for hydroxylation is 1. The molecular weight excluding hydrogens is 190 g/mol. The maximum atomic E-state index is 5.86. The lowest BCUT2D eigenvalue weighted by atomic mass is 10.1. The molecule has 1 aliphatic rings. The normalized spacial score (nSPS) is 19.7. The molecule has 0 spiro atoms. The van der Waals surface area contributed by atoms with Gasteiger partial charge >= 0.3 is 0 Å². The molecule has 1 aromatic rings. The molecule has 1 heterocycles. The number of anilines is 1. The Labute approximate surface area is 90.6 Å². The Hall–Kier alpha value is -1.22. The number of nitrogens with zero attached hydrogens (tertiary/aromatic N) is 1. The van der Waals surface area contributed by atoms with Gasteiger partial charge in [-0.05, 0) is 24.6 Å². The Bertz CT molecular complexity index is 351. The van der Waals surface area contributed by atoms with E-state index in [4.69, 9.17) is 9.47 Å². The Balaban J connectivity index is 2.25. The highest BCUT2D eigenvalue weighted by Crippen LogP contribution is 2.33. The summed E-state index contributed by atoms with van der Waals surface area (Å²) in [4.78, 5) is 2.21. The van der Waals surface area contributed by atoms with Crippen molar-refractivity contribution >= 4 is 5.69 Å². The van der Waals surface area contributed by atoms with Gasteiger partial charge in [-0.1, -0.05) is 6.07 Å². The van der Waals surface area contributed by atoms with Crippen molar-refractivity contribution in [3.8, 4) is 5.75 Å². The minimum Gasteiger partial charge on any atom is -0.484 e. The largest absolute Gasteiger partial charge is 0.484 e. The average Bonchev–Trinajstić information content (AvgIpc) is 2.17. The molecule has 82 valence electrons. The minimum absolute atomic E-state index is 0.134. The van der Waals surface area contributed by atoms with Crippen LogP contribution in [0.15, 0.2) is 18.2 Å². The number of methoxy groups -OCH3 is 1. The highest BCUT2D eigenvalue weighted by Gasteiger charge is 2.22. The van der Waals surface area contributed by atoms with Gasteiger partial charge in [0.25, 0.3) is 0 Å². The number of hydrogen-bond donors (Lipinski definition) is 0. The number of fused-ring (bicyclic) bond motifs is 1.